The van der Waals surface area contributed by atoms with Crippen LogP contribution >= 0.6 is 0 Å². The maximum atomic E-state index is 5.53. The second-order valence-corrected chi connectivity index (χ2v) is 5.79. The molecule has 0 aliphatic carbocycles. The van der Waals surface area contributed by atoms with Crippen LogP contribution in [0, 0.1) is 6.92 Å². The van der Waals surface area contributed by atoms with E-state index >= 15 is 0 Å². The van der Waals surface area contributed by atoms with Gasteiger partial charge in [0.25, 0.3) is 6.01 Å². The molecule has 20 heavy (non-hydrogen) atoms. The van der Waals surface area contributed by atoms with Gasteiger partial charge in [0, 0.05) is 32.0 Å². The lowest BCUT2D eigenvalue weighted by atomic mass is 9.97. The highest BCUT2D eigenvalue weighted by Crippen LogP contribution is 2.30. The van der Waals surface area contributed by atoms with Gasteiger partial charge in [0.2, 0.25) is 0 Å². The van der Waals surface area contributed by atoms with Gasteiger partial charge in [-0.25, -0.2) is 0 Å². The summed E-state index contributed by atoms with van der Waals surface area (Å²) in [7, 11) is 0. The van der Waals surface area contributed by atoms with Crippen LogP contribution in [0.1, 0.15) is 42.5 Å². The number of hydrogen-bond acceptors (Lipinski definition) is 5. The number of nitrogens with zero attached hydrogens (tertiary/aromatic N) is 5. The van der Waals surface area contributed by atoms with Crippen LogP contribution in [-0.4, -0.2) is 32.8 Å². The summed E-state index contributed by atoms with van der Waals surface area (Å²) in [6.45, 7) is 4.97. The monoisotopic (exact) mass is 273 g/mol. The minimum Gasteiger partial charge on any atom is -0.432 e. The predicted molar refractivity (Wildman–Crippen MR) is 73.8 cm³/mol. The Balaban J connectivity index is 1.57. The lowest BCUT2D eigenvalue weighted by Gasteiger charge is -2.31. The quantitative estimate of drug-likeness (QED) is 0.836. The largest absolute Gasteiger partial charge is 0.432 e. The van der Waals surface area contributed by atoms with Gasteiger partial charge < -0.3 is 13.9 Å². The first-order valence-corrected chi connectivity index (χ1v) is 7.40. The molecule has 1 saturated heterocycles. The molecule has 1 fully saturated rings. The SMILES string of the molecule is Cc1coc(N2CCCC(c3nnc4n3CCC4)C2)n1. The highest BCUT2D eigenvalue weighted by atomic mass is 16.4. The maximum absolute atomic E-state index is 5.53. The average molecular weight is 273 g/mol. The van der Waals surface area contributed by atoms with Crippen molar-refractivity contribution in [1.82, 2.24) is 19.7 Å². The van der Waals surface area contributed by atoms with Crippen molar-refractivity contribution in [1.29, 1.82) is 0 Å². The number of aryl methyl sites for hydroxylation is 2. The molecule has 2 aliphatic rings. The van der Waals surface area contributed by atoms with Crippen LogP contribution < -0.4 is 4.90 Å². The lowest BCUT2D eigenvalue weighted by Crippen LogP contribution is -2.35. The topological polar surface area (TPSA) is 60.0 Å². The molecule has 2 aromatic heterocycles. The van der Waals surface area contributed by atoms with Gasteiger partial charge in [-0.2, -0.15) is 4.98 Å². The standard InChI is InChI=1S/C14H19N5O/c1-10-9-20-14(15-10)18-6-2-4-11(8-18)13-17-16-12-5-3-7-19(12)13/h9,11H,2-8H2,1H3. The third kappa shape index (κ3) is 1.90. The van der Waals surface area contributed by atoms with Gasteiger partial charge in [-0.1, -0.05) is 0 Å². The summed E-state index contributed by atoms with van der Waals surface area (Å²) in [5.74, 6) is 2.75. The number of rotatable bonds is 2. The molecule has 0 spiro atoms. The van der Waals surface area contributed by atoms with E-state index in [1.807, 2.05) is 6.92 Å². The van der Waals surface area contributed by atoms with Gasteiger partial charge in [0.1, 0.15) is 17.9 Å². The summed E-state index contributed by atoms with van der Waals surface area (Å²) >= 11 is 0. The summed E-state index contributed by atoms with van der Waals surface area (Å²) in [5, 5.41) is 8.76. The Bertz CT molecular complexity index is 617. The van der Waals surface area contributed by atoms with Crippen molar-refractivity contribution in [2.24, 2.45) is 0 Å². The van der Waals surface area contributed by atoms with E-state index in [2.05, 4.69) is 24.6 Å². The first kappa shape index (κ1) is 11.9. The van der Waals surface area contributed by atoms with Crippen molar-refractivity contribution >= 4 is 6.01 Å². The van der Waals surface area contributed by atoms with E-state index < -0.39 is 0 Å². The molecule has 0 amide bonds. The summed E-state index contributed by atoms with van der Waals surface area (Å²) in [6.07, 6.45) is 6.31. The van der Waals surface area contributed by atoms with Crippen molar-refractivity contribution in [3.8, 4) is 0 Å². The highest BCUT2D eigenvalue weighted by molar-refractivity contribution is 5.29. The van der Waals surface area contributed by atoms with Gasteiger partial charge in [0.05, 0.1) is 5.69 Å². The Morgan fingerprint density at radius 1 is 1.25 bits per heavy atom. The van der Waals surface area contributed by atoms with E-state index in [9.17, 15) is 0 Å². The Hall–Kier alpha value is -1.85. The molecular formula is C14H19N5O. The molecule has 106 valence electrons. The molecule has 2 aliphatic heterocycles. The zero-order valence-corrected chi connectivity index (χ0v) is 11.7. The summed E-state index contributed by atoms with van der Waals surface area (Å²) in [4.78, 5) is 6.67. The number of anilines is 1. The van der Waals surface area contributed by atoms with Crippen LogP contribution in [0.3, 0.4) is 0 Å². The number of hydrogen-bond donors (Lipinski definition) is 0. The van der Waals surface area contributed by atoms with Gasteiger partial charge in [0.15, 0.2) is 0 Å². The van der Waals surface area contributed by atoms with Crippen molar-refractivity contribution < 1.29 is 4.42 Å². The summed E-state index contributed by atoms with van der Waals surface area (Å²) < 4.78 is 7.85. The Kier molecular flexibility index (Phi) is 2.75. The number of piperidine rings is 1. The van der Waals surface area contributed by atoms with E-state index in [0.717, 1.165) is 55.8 Å². The van der Waals surface area contributed by atoms with Crippen LogP contribution in [0.2, 0.25) is 0 Å². The molecule has 1 unspecified atom stereocenters. The molecule has 0 radical (unpaired) electrons. The van der Waals surface area contributed by atoms with Crippen molar-refractivity contribution in [3.05, 3.63) is 23.6 Å². The third-order valence-electron chi connectivity index (χ3n) is 4.30. The van der Waals surface area contributed by atoms with Crippen LogP contribution in [0.5, 0.6) is 0 Å². The van der Waals surface area contributed by atoms with E-state index in [-0.39, 0.29) is 0 Å². The lowest BCUT2D eigenvalue weighted by molar-refractivity contribution is 0.438. The molecule has 0 aromatic carbocycles. The molecule has 1 atom stereocenters. The molecule has 6 nitrogen and oxygen atoms in total. The summed E-state index contributed by atoms with van der Waals surface area (Å²) in [6, 6.07) is 0.744. The molecule has 0 bridgehead atoms. The van der Waals surface area contributed by atoms with E-state index in [1.54, 1.807) is 6.26 Å². The fourth-order valence-corrected chi connectivity index (χ4v) is 3.32. The third-order valence-corrected chi connectivity index (χ3v) is 4.30. The fourth-order valence-electron chi connectivity index (χ4n) is 3.32. The zero-order chi connectivity index (χ0) is 13.5. The highest BCUT2D eigenvalue weighted by Gasteiger charge is 2.29. The molecule has 2 aromatic rings. The minimum absolute atomic E-state index is 0.440. The number of fused-ring (bicyclic) bond motifs is 1. The maximum Gasteiger partial charge on any atom is 0.297 e. The second-order valence-electron chi connectivity index (χ2n) is 5.79. The first-order chi connectivity index (χ1) is 9.81. The smallest absolute Gasteiger partial charge is 0.297 e. The van der Waals surface area contributed by atoms with Crippen molar-refractivity contribution in [2.75, 3.05) is 18.0 Å². The molecule has 0 saturated carbocycles. The normalized spacial score (nSPS) is 22.2. The Labute approximate surface area is 117 Å². The molecule has 6 heteroatoms. The first-order valence-electron chi connectivity index (χ1n) is 7.40. The molecule has 4 heterocycles. The van der Waals surface area contributed by atoms with Crippen molar-refractivity contribution in [3.63, 3.8) is 0 Å². The van der Waals surface area contributed by atoms with Crippen LogP contribution in [-0.2, 0) is 13.0 Å². The zero-order valence-electron chi connectivity index (χ0n) is 11.7. The van der Waals surface area contributed by atoms with Gasteiger partial charge in [-0.05, 0) is 26.2 Å². The van der Waals surface area contributed by atoms with Gasteiger partial charge in [-0.3, -0.25) is 0 Å². The minimum atomic E-state index is 0.440. The van der Waals surface area contributed by atoms with E-state index in [4.69, 9.17) is 4.42 Å². The van der Waals surface area contributed by atoms with Crippen LogP contribution in [0.25, 0.3) is 0 Å². The Morgan fingerprint density at radius 2 is 2.20 bits per heavy atom. The predicted octanol–water partition coefficient (Wildman–Crippen LogP) is 1.90. The number of aromatic nitrogens is 4. The molecule has 0 N–H and O–H groups in total. The average Bonchev–Trinajstić information content (AvgIpc) is 3.14. The summed E-state index contributed by atoms with van der Waals surface area (Å²) in [5.41, 5.74) is 0.936. The fraction of sp³-hybridized carbons (Fsp3) is 0.643. The van der Waals surface area contributed by atoms with E-state index in [0.29, 0.717) is 5.92 Å². The van der Waals surface area contributed by atoms with Gasteiger partial charge in [-0.15, -0.1) is 10.2 Å². The second kappa shape index (κ2) is 4.61. The molecular weight excluding hydrogens is 254 g/mol. The van der Waals surface area contributed by atoms with Crippen LogP contribution in [0.4, 0.5) is 6.01 Å². The number of oxazole rings is 1. The van der Waals surface area contributed by atoms with Crippen LogP contribution in [0.15, 0.2) is 10.7 Å². The molecule has 4 rings (SSSR count). The van der Waals surface area contributed by atoms with Crippen molar-refractivity contribution in [2.45, 2.75) is 45.1 Å². The van der Waals surface area contributed by atoms with E-state index in [1.165, 1.54) is 12.8 Å². The van der Waals surface area contributed by atoms with Gasteiger partial charge >= 0.3 is 0 Å². The Morgan fingerprint density at radius 3 is 3.05 bits per heavy atom.